The summed E-state index contributed by atoms with van der Waals surface area (Å²) in [5.41, 5.74) is 1.05. The monoisotopic (exact) mass is 222 g/mol. The lowest BCUT2D eigenvalue weighted by Gasteiger charge is -2.05. The van der Waals surface area contributed by atoms with Gasteiger partial charge in [-0.15, -0.1) is 0 Å². The molecule has 0 aliphatic rings. The maximum absolute atomic E-state index is 11.0. The van der Waals surface area contributed by atoms with E-state index in [4.69, 9.17) is 12.6 Å². The summed E-state index contributed by atoms with van der Waals surface area (Å²) in [6.07, 6.45) is 1.52. The Morgan fingerprint density at radius 3 is 3.06 bits per heavy atom. The number of aromatic carboxylic acids is 1. The second-order valence-electron chi connectivity index (χ2n) is 3.31. The average Bonchev–Trinajstić information content (AvgIpc) is 2.58. The number of ether oxygens (including phenoxy) is 1. The van der Waals surface area contributed by atoms with Gasteiger partial charge in [0.25, 0.3) is 0 Å². The predicted molar refractivity (Wildman–Crippen MR) is 58.8 cm³/mol. The molecule has 1 aromatic heterocycles. The van der Waals surface area contributed by atoms with E-state index in [-0.39, 0.29) is 11.3 Å². The van der Waals surface area contributed by atoms with Crippen LogP contribution < -0.4 is 4.74 Å². The fourth-order valence-corrected chi connectivity index (χ4v) is 1.51. The molecule has 0 aliphatic heterocycles. The van der Waals surface area contributed by atoms with Gasteiger partial charge in [-0.2, -0.15) is 0 Å². The third-order valence-corrected chi connectivity index (χ3v) is 2.25. The summed E-state index contributed by atoms with van der Waals surface area (Å²) in [6.45, 7) is -0.656. The van der Waals surface area contributed by atoms with Gasteiger partial charge in [0.05, 0.1) is 26.7 Å². The van der Waals surface area contributed by atoms with E-state index in [2.05, 4.69) is 4.98 Å². The minimum atomic E-state index is -1.90. The van der Waals surface area contributed by atoms with Gasteiger partial charge >= 0.3 is 5.97 Å². The Labute approximate surface area is 95.1 Å². The van der Waals surface area contributed by atoms with Crippen LogP contribution in [-0.4, -0.2) is 27.2 Å². The average molecular weight is 222 g/mol. The van der Waals surface area contributed by atoms with Crippen molar-refractivity contribution in [1.82, 2.24) is 9.55 Å². The second kappa shape index (κ2) is 3.84. The molecule has 1 heterocycles. The Morgan fingerprint density at radius 2 is 2.44 bits per heavy atom. The zero-order valence-corrected chi connectivity index (χ0v) is 8.89. The first-order valence-corrected chi connectivity index (χ1v) is 4.65. The van der Waals surface area contributed by atoms with Gasteiger partial charge in [0, 0.05) is 7.05 Å². The van der Waals surface area contributed by atoms with Crippen molar-refractivity contribution in [3.63, 3.8) is 0 Å². The Hall–Kier alpha value is -2.04. The van der Waals surface area contributed by atoms with E-state index < -0.39 is 12.5 Å². The number of carboxylic acid groups (broad SMARTS) is 1. The van der Waals surface area contributed by atoms with Crippen LogP contribution in [-0.2, 0) is 7.05 Å². The molecule has 5 heteroatoms. The van der Waals surface area contributed by atoms with Gasteiger partial charge < -0.3 is 14.4 Å². The van der Waals surface area contributed by atoms with E-state index in [0.29, 0.717) is 11.0 Å². The molecule has 84 valence electrons. The van der Waals surface area contributed by atoms with Crippen LogP contribution in [0.3, 0.4) is 0 Å². The van der Waals surface area contributed by atoms with Crippen LogP contribution in [0, 0.1) is 0 Å². The van der Waals surface area contributed by atoms with E-state index >= 15 is 0 Å². The van der Waals surface area contributed by atoms with Gasteiger partial charge in [0.2, 0.25) is 0 Å². The number of nitrogens with zero attached hydrogens (tertiary/aromatic N) is 2. The summed E-state index contributed by atoms with van der Waals surface area (Å²) in [4.78, 5) is 15.1. The number of imidazole rings is 1. The highest BCUT2D eigenvalue weighted by Gasteiger charge is 2.12. The Morgan fingerprint density at radius 1 is 1.69 bits per heavy atom. The second-order valence-corrected chi connectivity index (χ2v) is 3.31. The first-order chi connectivity index (χ1) is 8.28. The van der Waals surface area contributed by atoms with Gasteiger partial charge in [0.1, 0.15) is 11.3 Å². The number of aryl methyl sites for hydroxylation is 1. The molecule has 0 unspecified atom stereocenters. The highest BCUT2D eigenvalue weighted by Crippen LogP contribution is 2.26. The summed E-state index contributed by atoms with van der Waals surface area (Å²) in [6, 6.07) is 2.75. The summed E-state index contributed by atoms with van der Waals surface area (Å²) < 4.78 is 21.5. The first-order valence-electron chi connectivity index (χ1n) is 5.65. The number of fused-ring (bicyclic) bond motifs is 1. The van der Waals surface area contributed by atoms with E-state index in [1.54, 1.807) is 11.6 Å². The maximum atomic E-state index is 11.0. The molecule has 0 atom stereocenters. The summed E-state index contributed by atoms with van der Waals surface area (Å²) in [5, 5.41) is 9.02. The minimum Gasteiger partial charge on any atom is -0.492 e. The van der Waals surface area contributed by atoms with Crippen LogP contribution in [0.5, 0.6) is 5.75 Å². The van der Waals surface area contributed by atoms with Crippen LogP contribution in [0.2, 0.25) is 0 Å². The van der Waals surface area contributed by atoms with Crippen molar-refractivity contribution in [1.29, 1.82) is 0 Å². The Bertz CT molecular complexity index is 617. The van der Waals surface area contributed by atoms with Crippen molar-refractivity contribution in [2.45, 2.75) is 6.92 Å². The highest BCUT2D eigenvalue weighted by atomic mass is 16.5. The molecule has 0 bridgehead atoms. The van der Waals surface area contributed by atoms with E-state index in [1.807, 2.05) is 0 Å². The van der Waals surface area contributed by atoms with E-state index in [1.165, 1.54) is 25.4 Å². The van der Waals surface area contributed by atoms with Gasteiger partial charge in [-0.3, -0.25) is 0 Å². The number of carboxylic acids is 1. The van der Waals surface area contributed by atoms with E-state index in [0.717, 1.165) is 0 Å². The minimum absolute atomic E-state index is 0.0327. The summed E-state index contributed by atoms with van der Waals surface area (Å²) in [5.74, 6) is -0.974. The normalized spacial score (nSPS) is 13.4. The smallest absolute Gasteiger partial charge is 0.335 e. The zero-order valence-electron chi connectivity index (χ0n) is 10.9. The lowest BCUT2D eigenvalue weighted by atomic mass is 10.2. The molecule has 0 radical (unpaired) electrons. The number of hydrogen-bond donors (Lipinski definition) is 1. The molecule has 0 amide bonds. The molecule has 2 aromatic rings. The number of aromatic nitrogens is 2. The van der Waals surface area contributed by atoms with Crippen molar-refractivity contribution >= 4 is 17.0 Å². The molecule has 1 N–H and O–H groups in total. The van der Waals surface area contributed by atoms with Crippen LogP contribution in [0.15, 0.2) is 18.5 Å². The molecule has 0 fully saturated rings. The zero-order chi connectivity index (χ0) is 13.5. The molecular formula is C11H12N2O3. The van der Waals surface area contributed by atoms with Gasteiger partial charge in [-0.1, -0.05) is 0 Å². The number of carbonyl (C=O) groups is 1. The molecule has 0 saturated carbocycles. The fourth-order valence-electron chi connectivity index (χ4n) is 1.51. The molecule has 0 aliphatic carbocycles. The molecule has 0 spiro atoms. The lowest BCUT2D eigenvalue weighted by molar-refractivity contribution is 0.0696. The fraction of sp³-hybridized carbons (Fsp3) is 0.273. The van der Waals surface area contributed by atoms with Crippen molar-refractivity contribution in [2.24, 2.45) is 7.05 Å². The van der Waals surface area contributed by atoms with Gasteiger partial charge in [0.15, 0.2) is 0 Å². The van der Waals surface area contributed by atoms with Crippen LogP contribution in [0.4, 0.5) is 0 Å². The van der Waals surface area contributed by atoms with Crippen molar-refractivity contribution in [3.05, 3.63) is 24.0 Å². The lowest BCUT2D eigenvalue weighted by Crippen LogP contribution is -2.00. The SMILES string of the molecule is [2H]C([2H])(C)Oc1cc(C(=O)O)cc2c1ncn2C. The molecule has 2 rings (SSSR count). The number of benzene rings is 1. The molecule has 0 saturated heterocycles. The molecular weight excluding hydrogens is 208 g/mol. The Kier molecular flexibility index (Phi) is 1.96. The summed E-state index contributed by atoms with van der Waals surface area (Å²) in [7, 11) is 1.73. The third-order valence-electron chi connectivity index (χ3n) is 2.25. The number of rotatable bonds is 3. The third kappa shape index (κ3) is 1.60. The molecule has 1 aromatic carbocycles. The van der Waals surface area contributed by atoms with Crippen LogP contribution in [0.1, 0.15) is 20.0 Å². The van der Waals surface area contributed by atoms with Crippen LogP contribution in [0.25, 0.3) is 11.0 Å². The standard InChI is InChI=1S/C11H12N2O3/c1-3-16-9-5-7(11(14)15)4-8-10(9)12-6-13(8)2/h4-6H,3H2,1-2H3,(H,14,15)/i3D2. The molecule has 5 nitrogen and oxygen atoms in total. The quantitative estimate of drug-likeness (QED) is 0.857. The van der Waals surface area contributed by atoms with Crippen LogP contribution >= 0.6 is 0 Å². The van der Waals surface area contributed by atoms with E-state index in [9.17, 15) is 4.79 Å². The predicted octanol–water partition coefficient (Wildman–Crippen LogP) is 1.67. The largest absolute Gasteiger partial charge is 0.492 e. The van der Waals surface area contributed by atoms with Crippen molar-refractivity contribution in [2.75, 3.05) is 6.56 Å². The van der Waals surface area contributed by atoms with Crippen molar-refractivity contribution in [3.8, 4) is 5.75 Å². The van der Waals surface area contributed by atoms with Gasteiger partial charge in [-0.25, -0.2) is 9.78 Å². The van der Waals surface area contributed by atoms with Gasteiger partial charge in [-0.05, 0) is 19.1 Å². The summed E-state index contributed by atoms with van der Waals surface area (Å²) >= 11 is 0. The maximum Gasteiger partial charge on any atom is 0.335 e. The first kappa shape index (κ1) is 8.15. The Balaban J connectivity index is 2.66. The van der Waals surface area contributed by atoms with Crippen molar-refractivity contribution < 1.29 is 17.4 Å². The number of hydrogen-bond acceptors (Lipinski definition) is 3. The topological polar surface area (TPSA) is 64.3 Å². The highest BCUT2D eigenvalue weighted by molar-refractivity contribution is 5.95. The molecule has 16 heavy (non-hydrogen) atoms.